The Labute approximate surface area is 309 Å². The molecule has 6 rings (SSSR count). The number of unbranched alkanes of at least 4 members (excludes halogenated alkanes) is 2. The van der Waals surface area contributed by atoms with Crippen molar-refractivity contribution in [2.75, 3.05) is 39.6 Å². The lowest BCUT2D eigenvalue weighted by molar-refractivity contribution is -0.258. The van der Waals surface area contributed by atoms with Gasteiger partial charge in [-0.2, -0.15) is 0 Å². The fourth-order valence-corrected chi connectivity index (χ4v) is 9.04. The van der Waals surface area contributed by atoms with Crippen LogP contribution in [0.4, 0.5) is 0 Å². The largest absolute Gasteiger partial charge is 0.490 e. The molecule has 10 heteroatoms. The number of hydrogen-bond acceptors (Lipinski definition) is 9. The normalized spacial score (nSPS) is 30.0. The van der Waals surface area contributed by atoms with Crippen LogP contribution in [0.1, 0.15) is 102 Å². The highest BCUT2D eigenvalue weighted by atomic mass is 16.8. The van der Waals surface area contributed by atoms with E-state index >= 15 is 0 Å². The predicted octanol–water partition coefficient (Wildman–Crippen LogP) is 7.06. The third-order valence-electron chi connectivity index (χ3n) is 11.5. The maximum absolute atomic E-state index is 14.3. The van der Waals surface area contributed by atoms with Crippen LogP contribution in [-0.4, -0.2) is 84.4 Å². The van der Waals surface area contributed by atoms with Crippen LogP contribution < -0.4 is 9.47 Å². The van der Waals surface area contributed by atoms with Crippen molar-refractivity contribution in [3.05, 3.63) is 60.7 Å². The molecule has 2 saturated carbocycles. The number of amides is 1. The van der Waals surface area contributed by atoms with E-state index in [-0.39, 0.29) is 55.3 Å². The van der Waals surface area contributed by atoms with Crippen molar-refractivity contribution >= 4 is 11.6 Å². The van der Waals surface area contributed by atoms with Crippen LogP contribution in [0.3, 0.4) is 0 Å². The summed E-state index contributed by atoms with van der Waals surface area (Å²) < 4.78 is 26.4. The molecule has 10 nitrogen and oxygen atoms in total. The van der Waals surface area contributed by atoms with E-state index in [1.165, 1.54) is 0 Å². The topological polar surface area (TPSA) is 119 Å². The first-order chi connectivity index (χ1) is 25.5. The monoisotopic (exact) mass is 720 g/mol. The summed E-state index contributed by atoms with van der Waals surface area (Å²) in [7, 11) is 0. The van der Waals surface area contributed by atoms with Crippen molar-refractivity contribution in [1.82, 2.24) is 4.90 Å². The maximum Gasteiger partial charge on any atom is 0.239 e. The minimum atomic E-state index is -1.23. The zero-order valence-corrected chi connectivity index (χ0v) is 31.1. The average Bonchev–Trinajstić information content (AvgIpc) is 4.02. The Hall–Kier alpha value is -3.18. The van der Waals surface area contributed by atoms with Gasteiger partial charge in [-0.25, -0.2) is 0 Å². The first-order valence-electron chi connectivity index (χ1n) is 19.9. The smallest absolute Gasteiger partial charge is 0.239 e. The van der Waals surface area contributed by atoms with Crippen molar-refractivity contribution in [2.24, 2.45) is 28.8 Å². The van der Waals surface area contributed by atoms with Gasteiger partial charge in [0.1, 0.15) is 24.1 Å². The van der Waals surface area contributed by atoms with Crippen molar-refractivity contribution in [1.29, 1.82) is 0 Å². The summed E-state index contributed by atoms with van der Waals surface area (Å²) in [4.78, 5) is 22.5. The molecule has 1 aromatic rings. The molecule has 1 saturated heterocycles. The van der Waals surface area contributed by atoms with Gasteiger partial charge in [0, 0.05) is 50.0 Å². The predicted molar refractivity (Wildman–Crippen MR) is 200 cm³/mol. The molecule has 0 bridgehead atoms. The molecule has 2 aliphatic heterocycles. The Kier molecular flexibility index (Phi) is 13.5. The lowest BCUT2D eigenvalue weighted by Gasteiger charge is -2.60. The Morgan fingerprint density at radius 1 is 1.06 bits per heavy atom. The third kappa shape index (κ3) is 8.30. The number of carbonyl (C=O) groups is 1. The highest BCUT2D eigenvalue weighted by Crippen LogP contribution is 2.62. The van der Waals surface area contributed by atoms with Crippen LogP contribution in [0.5, 0.6) is 11.5 Å². The number of aliphatic hydroxyl groups is 2. The Bertz CT molecular complexity index is 1430. The van der Waals surface area contributed by atoms with E-state index < -0.39 is 18.1 Å². The minimum absolute atomic E-state index is 0.0111. The van der Waals surface area contributed by atoms with E-state index in [1.807, 2.05) is 17.0 Å². The molecule has 2 heterocycles. The average molecular weight is 721 g/mol. The molecule has 0 spiro atoms. The summed E-state index contributed by atoms with van der Waals surface area (Å²) in [5.74, 6) is 0.293. The molecule has 286 valence electrons. The number of rotatable bonds is 20. The maximum atomic E-state index is 14.3. The minimum Gasteiger partial charge on any atom is -0.490 e. The SMILES string of the molecule is C=CCOc1ccc2c(c1)[C@H]1[C@H](CCCCO)[C@@H](CCCCO)C=C3C(=NOC4CCCCO4)C[C@H](N(CCC)C(=O)C4CC4)[C@@](OCC=C)(O2)[C@H]31. The standard InChI is InChI=1S/C42H60N2O8/c1-4-20-44(41(47)29-16-17-29)37-28-35(43-52-38-15-9-12-25-49-38)33-26-30(13-7-10-21-45)32(14-8-11-22-46)39-34-27-31(48-23-5-2)18-19-36(34)51-42(37,40(33)39)50-24-6-3/h5-6,18-19,26-27,29-30,32,37-40,45-46H,2-4,7-17,20-25,28H2,1H3/t30-,32+,37-,38?,39+,40+,42+/m0/s1. The molecule has 0 aromatic heterocycles. The second kappa shape index (κ2) is 18.2. The van der Waals surface area contributed by atoms with Crippen LogP contribution in [0.25, 0.3) is 0 Å². The molecule has 3 fully saturated rings. The molecule has 0 radical (unpaired) electrons. The molecular weight excluding hydrogens is 660 g/mol. The lowest BCUT2D eigenvalue weighted by atomic mass is 9.55. The summed E-state index contributed by atoms with van der Waals surface area (Å²) in [6, 6.07) is 5.56. The number of benzene rings is 1. The Morgan fingerprint density at radius 2 is 1.85 bits per heavy atom. The van der Waals surface area contributed by atoms with Gasteiger partial charge in [-0.15, -0.1) is 6.58 Å². The van der Waals surface area contributed by atoms with Crippen LogP contribution >= 0.6 is 0 Å². The fraction of sp³-hybridized carbons (Fsp3) is 0.667. The zero-order chi connectivity index (χ0) is 36.5. The first-order valence-corrected chi connectivity index (χ1v) is 19.9. The van der Waals surface area contributed by atoms with Crippen molar-refractivity contribution in [3.8, 4) is 11.5 Å². The lowest BCUT2D eigenvalue weighted by Crippen LogP contribution is -2.70. The van der Waals surface area contributed by atoms with E-state index in [4.69, 9.17) is 28.9 Å². The molecule has 7 atom stereocenters. The number of oxime groups is 1. The molecule has 5 aliphatic rings. The number of aliphatic hydroxyl groups excluding tert-OH is 2. The highest BCUT2D eigenvalue weighted by molar-refractivity contribution is 6.03. The van der Waals surface area contributed by atoms with E-state index in [9.17, 15) is 15.0 Å². The van der Waals surface area contributed by atoms with Crippen LogP contribution in [0, 0.1) is 23.7 Å². The molecule has 2 N–H and O–H groups in total. The zero-order valence-electron chi connectivity index (χ0n) is 31.1. The van der Waals surface area contributed by atoms with Crippen LogP contribution in [0.15, 0.2) is 60.3 Å². The van der Waals surface area contributed by atoms with Crippen molar-refractivity contribution < 1.29 is 38.8 Å². The van der Waals surface area contributed by atoms with E-state index in [1.54, 1.807) is 12.2 Å². The number of hydrogen-bond donors (Lipinski definition) is 2. The van der Waals surface area contributed by atoms with Crippen molar-refractivity contribution in [3.63, 3.8) is 0 Å². The summed E-state index contributed by atoms with van der Waals surface area (Å²) in [6.45, 7) is 12.1. The molecule has 52 heavy (non-hydrogen) atoms. The molecule has 1 amide bonds. The van der Waals surface area contributed by atoms with Gasteiger partial charge in [0.2, 0.25) is 18.0 Å². The molecule has 1 aromatic carbocycles. The quantitative estimate of drug-likeness (QED) is 0.0836. The molecular formula is C42H60N2O8. The van der Waals surface area contributed by atoms with Gasteiger partial charge in [0.15, 0.2) is 0 Å². The van der Waals surface area contributed by atoms with Gasteiger partial charge in [-0.05, 0) is 93.4 Å². The number of nitrogens with zero attached hydrogens (tertiary/aromatic N) is 2. The highest BCUT2D eigenvalue weighted by Gasteiger charge is 2.65. The van der Waals surface area contributed by atoms with Crippen molar-refractivity contribution in [2.45, 2.75) is 114 Å². The fourth-order valence-electron chi connectivity index (χ4n) is 9.04. The van der Waals surface area contributed by atoms with Crippen LogP contribution in [0.2, 0.25) is 0 Å². The summed E-state index contributed by atoms with van der Waals surface area (Å²) in [6.07, 6.45) is 16.2. The number of fused-ring (bicyclic) bond motifs is 2. The van der Waals surface area contributed by atoms with Gasteiger partial charge in [-0.3, -0.25) is 4.79 Å². The summed E-state index contributed by atoms with van der Waals surface area (Å²) in [5, 5.41) is 24.6. The second-order valence-electron chi connectivity index (χ2n) is 15.1. The molecule has 3 aliphatic carbocycles. The number of carbonyl (C=O) groups excluding carboxylic acids is 1. The van der Waals surface area contributed by atoms with E-state index in [0.717, 1.165) is 99.0 Å². The van der Waals surface area contributed by atoms with Gasteiger partial charge < -0.3 is 38.9 Å². The summed E-state index contributed by atoms with van der Waals surface area (Å²) >= 11 is 0. The van der Waals surface area contributed by atoms with Gasteiger partial charge in [0.05, 0.1) is 24.8 Å². The van der Waals surface area contributed by atoms with E-state index in [2.05, 4.69) is 32.2 Å². The molecule has 1 unspecified atom stereocenters. The Morgan fingerprint density at radius 3 is 2.54 bits per heavy atom. The summed E-state index contributed by atoms with van der Waals surface area (Å²) in [5.41, 5.74) is 2.89. The Balaban J connectivity index is 1.57. The van der Waals surface area contributed by atoms with E-state index in [0.29, 0.717) is 32.6 Å². The number of allylic oxidation sites excluding steroid dienone is 1. The number of ether oxygens (including phenoxy) is 4. The van der Waals surface area contributed by atoms with Gasteiger partial charge >= 0.3 is 0 Å². The van der Waals surface area contributed by atoms with Gasteiger partial charge in [0.25, 0.3) is 0 Å². The second-order valence-corrected chi connectivity index (χ2v) is 15.1. The third-order valence-corrected chi connectivity index (χ3v) is 11.5. The van der Waals surface area contributed by atoms with Crippen LogP contribution in [-0.2, 0) is 19.1 Å². The first kappa shape index (κ1) is 38.5. The van der Waals surface area contributed by atoms with Gasteiger partial charge in [-0.1, -0.05) is 49.7 Å².